The van der Waals surface area contributed by atoms with Crippen LogP contribution in [0.25, 0.3) is 0 Å². The fourth-order valence-corrected chi connectivity index (χ4v) is 3.11. The second-order valence-electron chi connectivity index (χ2n) is 5.89. The molecule has 0 amide bonds. The van der Waals surface area contributed by atoms with E-state index in [0.717, 1.165) is 12.0 Å². The number of nitrogens with one attached hydrogen (secondary N) is 1. The van der Waals surface area contributed by atoms with Crippen LogP contribution in [0, 0.1) is 5.92 Å². The molecule has 17 heavy (non-hydrogen) atoms. The molecule has 0 spiro atoms. The van der Waals surface area contributed by atoms with Crippen molar-refractivity contribution in [3.8, 4) is 0 Å². The first-order chi connectivity index (χ1) is 8.28. The van der Waals surface area contributed by atoms with Crippen LogP contribution in [-0.2, 0) is 0 Å². The number of likely N-dealkylation sites (N-methyl/N-ethyl adjacent to an activating group) is 1. The minimum Gasteiger partial charge on any atom is -0.312 e. The van der Waals surface area contributed by atoms with E-state index < -0.39 is 0 Å². The third kappa shape index (κ3) is 4.23. The third-order valence-electron chi connectivity index (χ3n) is 4.49. The monoisotopic (exact) mass is 239 g/mol. The molecule has 0 aromatic carbocycles. The summed E-state index contributed by atoms with van der Waals surface area (Å²) in [7, 11) is 2.24. The minimum atomic E-state index is 0.753. The molecule has 0 aliphatic carbocycles. The molecule has 2 saturated heterocycles. The van der Waals surface area contributed by atoms with Crippen molar-refractivity contribution in [2.45, 2.75) is 38.6 Å². The van der Waals surface area contributed by atoms with Gasteiger partial charge in [-0.25, -0.2) is 0 Å². The Hall–Kier alpha value is -0.120. The van der Waals surface area contributed by atoms with Crippen molar-refractivity contribution in [1.82, 2.24) is 15.1 Å². The predicted molar refractivity (Wildman–Crippen MR) is 73.4 cm³/mol. The van der Waals surface area contributed by atoms with Crippen LogP contribution in [0.2, 0.25) is 0 Å². The van der Waals surface area contributed by atoms with Crippen LogP contribution in [0.15, 0.2) is 0 Å². The lowest BCUT2D eigenvalue weighted by atomic mass is 9.96. The fraction of sp³-hybridized carbons (Fsp3) is 1.00. The van der Waals surface area contributed by atoms with E-state index in [4.69, 9.17) is 0 Å². The van der Waals surface area contributed by atoms with E-state index in [1.165, 1.54) is 65.0 Å². The van der Waals surface area contributed by atoms with Gasteiger partial charge in [-0.2, -0.15) is 0 Å². The molecular weight excluding hydrogens is 210 g/mol. The van der Waals surface area contributed by atoms with Crippen LogP contribution in [0.3, 0.4) is 0 Å². The van der Waals surface area contributed by atoms with Crippen molar-refractivity contribution >= 4 is 0 Å². The zero-order chi connectivity index (χ0) is 12.1. The van der Waals surface area contributed by atoms with Crippen molar-refractivity contribution in [2.24, 2.45) is 5.92 Å². The average Bonchev–Trinajstić information content (AvgIpc) is 2.38. The second kappa shape index (κ2) is 6.72. The molecular formula is C14H29N3. The Morgan fingerprint density at radius 3 is 2.59 bits per heavy atom. The van der Waals surface area contributed by atoms with E-state index in [-0.39, 0.29) is 0 Å². The highest BCUT2D eigenvalue weighted by Crippen LogP contribution is 2.16. The van der Waals surface area contributed by atoms with Gasteiger partial charge in [0.25, 0.3) is 0 Å². The Morgan fingerprint density at radius 2 is 1.88 bits per heavy atom. The van der Waals surface area contributed by atoms with E-state index in [0.29, 0.717) is 0 Å². The maximum Gasteiger partial charge on any atom is 0.0195 e. The van der Waals surface area contributed by atoms with Crippen LogP contribution in [0.5, 0.6) is 0 Å². The standard InChI is InChI=1S/C14H29N3/c1-3-17-8-4-5-14(12-17)15-11-13-6-9-16(2)10-7-13/h13-15H,3-12H2,1-2H3. The molecule has 2 heterocycles. The molecule has 1 N–H and O–H groups in total. The Labute approximate surface area is 107 Å². The summed E-state index contributed by atoms with van der Waals surface area (Å²) in [5.74, 6) is 0.920. The number of likely N-dealkylation sites (tertiary alicyclic amines) is 2. The molecule has 3 nitrogen and oxygen atoms in total. The van der Waals surface area contributed by atoms with E-state index in [1.54, 1.807) is 0 Å². The summed E-state index contributed by atoms with van der Waals surface area (Å²) in [6.45, 7) is 9.89. The van der Waals surface area contributed by atoms with Gasteiger partial charge in [0.15, 0.2) is 0 Å². The van der Waals surface area contributed by atoms with Gasteiger partial charge in [-0.05, 0) is 71.4 Å². The number of piperidine rings is 2. The number of nitrogens with zero attached hydrogens (tertiary/aromatic N) is 2. The van der Waals surface area contributed by atoms with Gasteiger partial charge in [0, 0.05) is 12.6 Å². The lowest BCUT2D eigenvalue weighted by Crippen LogP contribution is -2.47. The molecule has 100 valence electrons. The molecule has 1 atom stereocenters. The second-order valence-corrected chi connectivity index (χ2v) is 5.89. The molecule has 2 rings (SSSR count). The van der Waals surface area contributed by atoms with Crippen LogP contribution >= 0.6 is 0 Å². The summed E-state index contributed by atoms with van der Waals surface area (Å²) in [4.78, 5) is 5.03. The van der Waals surface area contributed by atoms with Crippen LogP contribution in [0.1, 0.15) is 32.6 Å². The van der Waals surface area contributed by atoms with E-state index >= 15 is 0 Å². The quantitative estimate of drug-likeness (QED) is 0.800. The summed E-state index contributed by atoms with van der Waals surface area (Å²) >= 11 is 0. The molecule has 0 saturated carbocycles. The summed E-state index contributed by atoms with van der Waals surface area (Å²) in [6, 6.07) is 0.753. The summed E-state index contributed by atoms with van der Waals surface area (Å²) in [5.41, 5.74) is 0. The summed E-state index contributed by atoms with van der Waals surface area (Å²) < 4.78 is 0. The van der Waals surface area contributed by atoms with Gasteiger partial charge in [0.2, 0.25) is 0 Å². The van der Waals surface area contributed by atoms with Gasteiger partial charge < -0.3 is 15.1 Å². The highest BCUT2D eigenvalue weighted by Gasteiger charge is 2.21. The zero-order valence-electron chi connectivity index (χ0n) is 11.6. The van der Waals surface area contributed by atoms with Crippen molar-refractivity contribution in [3.05, 3.63) is 0 Å². The van der Waals surface area contributed by atoms with E-state index in [1.807, 2.05) is 0 Å². The molecule has 1 unspecified atom stereocenters. The third-order valence-corrected chi connectivity index (χ3v) is 4.49. The number of rotatable bonds is 4. The van der Waals surface area contributed by atoms with Crippen molar-refractivity contribution in [2.75, 3.05) is 46.3 Å². The summed E-state index contributed by atoms with van der Waals surface area (Å²) in [5, 5.41) is 3.81. The Kier molecular flexibility index (Phi) is 5.26. The molecule has 3 heteroatoms. The van der Waals surface area contributed by atoms with Crippen LogP contribution in [0.4, 0.5) is 0 Å². The molecule has 2 fully saturated rings. The first kappa shape index (κ1) is 13.3. The van der Waals surface area contributed by atoms with Gasteiger partial charge in [0.05, 0.1) is 0 Å². The molecule has 2 aliphatic heterocycles. The van der Waals surface area contributed by atoms with Crippen molar-refractivity contribution in [1.29, 1.82) is 0 Å². The van der Waals surface area contributed by atoms with Gasteiger partial charge >= 0.3 is 0 Å². The molecule has 0 radical (unpaired) electrons. The van der Waals surface area contributed by atoms with Gasteiger partial charge in [-0.15, -0.1) is 0 Å². The van der Waals surface area contributed by atoms with Gasteiger partial charge in [-0.1, -0.05) is 6.92 Å². The lowest BCUT2D eigenvalue weighted by Gasteiger charge is -2.34. The molecule has 0 aromatic heterocycles. The number of hydrogen-bond donors (Lipinski definition) is 1. The van der Waals surface area contributed by atoms with E-state index in [9.17, 15) is 0 Å². The lowest BCUT2D eigenvalue weighted by molar-refractivity contribution is 0.178. The Balaban J connectivity index is 1.64. The smallest absolute Gasteiger partial charge is 0.0195 e. The minimum absolute atomic E-state index is 0.753. The Bertz CT molecular complexity index is 212. The zero-order valence-corrected chi connectivity index (χ0v) is 11.6. The van der Waals surface area contributed by atoms with Crippen molar-refractivity contribution in [3.63, 3.8) is 0 Å². The Morgan fingerprint density at radius 1 is 1.12 bits per heavy atom. The van der Waals surface area contributed by atoms with Crippen LogP contribution < -0.4 is 5.32 Å². The fourth-order valence-electron chi connectivity index (χ4n) is 3.11. The van der Waals surface area contributed by atoms with E-state index in [2.05, 4.69) is 29.1 Å². The normalized spacial score (nSPS) is 29.6. The van der Waals surface area contributed by atoms with Crippen molar-refractivity contribution < 1.29 is 0 Å². The SMILES string of the molecule is CCN1CCCC(NCC2CCN(C)CC2)C1. The van der Waals surface area contributed by atoms with Crippen LogP contribution in [-0.4, -0.2) is 62.2 Å². The molecule has 0 aromatic rings. The average molecular weight is 239 g/mol. The highest BCUT2D eigenvalue weighted by molar-refractivity contribution is 4.80. The molecule has 0 bridgehead atoms. The topological polar surface area (TPSA) is 18.5 Å². The molecule has 2 aliphatic rings. The maximum absolute atomic E-state index is 3.81. The first-order valence-corrected chi connectivity index (χ1v) is 7.42. The maximum atomic E-state index is 3.81. The highest BCUT2D eigenvalue weighted by atomic mass is 15.2. The number of hydrogen-bond acceptors (Lipinski definition) is 3. The van der Waals surface area contributed by atoms with Gasteiger partial charge in [-0.3, -0.25) is 0 Å². The van der Waals surface area contributed by atoms with Gasteiger partial charge in [0.1, 0.15) is 0 Å². The largest absolute Gasteiger partial charge is 0.312 e. The summed E-state index contributed by atoms with van der Waals surface area (Å²) in [6.07, 6.45) is 5.52. The predicted octanol–water partition coefficient (Wildman–Crippen LogP) is 1.40. The first-order valence-electron chi connectivity index (χ1n) is 7.42.